The first-order chi connectivity index (χ1) is 5.36. The van der Waals surface area contributed by atoms with Crippen molar-refractivity contribution >= 4 is 29.4 Å². The van der Waals surface area contributed by atoms with Crippen LogP contribution in [0.15, 0.2) is 0 Å². The summed E-state index contributed by atoms with van der Waals surface area (Å²) in [6.07, 6.45) is 0. The Hall–Kier alpha value is 0.130. The van der Waals surface area contributed by atoms with Gasteiger partial charge in [-0.05, 0) is 0 Å². The summed E-state index contributed by atoms with van der Waals surface area (Å²) in [5.74, 6) is 1.97. The van der Waals surface area contributed by atoms with Crippen LogP contribution >= 0.6 is 23.5 Å². The lowest BCUT2D eigenvalue weighted by molar-refractivity contribution is -0.118. The standard InChI is InChI=1S/C6H10N2OS2/c9-4-3-11-6(8-4)5-7-1-2-10-5/h5-7H,1-3H2,(H,8,9). The van der Waals surface area contributed by atoms with E-state index in [2.05, 4.69) is 10.6 Å². The number of carbonyl (C=O) groups excluding carboxylic acids is 1. The number of hydrogen-bond acceptors (Lipinski definition) is 4. The molecule has 5 heteroatoms. The molecule has 2 fully saturated rings. The Bertz CT molecular complexity index is 170. The molecule has 11 heavy (non-hydrogen) atoms. The maximum Gasteiger partial charge on any atom is 0.231 e. The van der Waals surface area contributed by atoms with Gasteiger partial charge in [0, 0.05) is 12.3 Å². The van der Waals surface area contributed by atoms with E-state index in [4.69, 9.17) is 0 Å². The number of carbonyl (C=O) groups is 1. The summed E-state index contributed by atoms with van der Waals surface area (Å²) >= 11 is 3.60. The van der Waals surface area contributed by atoms with Gasteiger partial charge in [-0.1, -0.05) is 0 Å². The second kappa shape index (κ2) is 3.25. The number of thioether (sulfide) groups is 2. The predicted molar refractivity (Wildman–Crippen MR) is 48.6 cm³/mol. The van der Waals surface area contributed by atoms with Crippen LogP contribution in [0, 0.1) is 0 Å². The van der Waals surface area contributed by atoms with Crippen LogP contribution in [0.1, 0.15) is 0 Å². The predicted octanol–water partition coefficient (Wildman–Crippen LogP) is -0.162. The third-order valence-electron chi connectivity index (χ3n) is 1.72. The lowest BCUT2D eigenvalue weighted by Gasteiger charge is -2.15. The van der Waals surface area contributed by atoms with Crippen LogP contribution in [0.2, 0.25) is 0 Å². The van der Waals surface area contributed by atoms with Gasteiger partial charge in [-0.3, -0.25) is 4.79 Å². The molecule has 0 aromatic rings. The highest BCUT2D eigenvalue weighted by molar-refractivity contribution is 8.04. The van der Waals surface area contributed by atoms with Gasteiger partial charge in [-0.2, -0.15) is 0 Å². The van der Waals surface area contributed by atoms with Gasteiger partial charge in [0.2, 0.25) is 5.91 Å². The monoisotopic (exact) mass is 190 g/mol. The van der Waals surface area contributed by atoms with Crippen LogP contribution in [-0.4, -0.2) is 34.7 Å². The molecule has 2 unspecified atom stereocenters. The second-order valence-electron chi connectivity index (χ2n) is 2.54. The molecule has 2 aliphatic heterocycles. The van der Waals surface area contributed by atoms with Crippen molar-refractivity contribution in [2.45, 2.75) is 10.7 Å². The highest BCUT2D eigenvalue weighted by Gasteiger charge is 2.31. The Morgan fingerprint density at radius 3 is 2.82 bits per heavy atom. The molecule has 2 aliphatic rings. The van der Waals surface area contributed by atoms with E-state index < -0.39 is 0 Å². The summed E-state index contributed by atoms with van der Waals surface area (Å²) in [5.41, 5.74) is 0. The van der Waals surface area contributed by atoms with Crippen molar-refractivity contribution in [1.82, 2.24) is 10.6 Å². The van der Waals surface area contributed by atoms with E-state index in [0.717, 1.165) is 12.3 Å². The molecular formula is C6H10N2OS2. The Labute approximate surface area is 74.1 Å². The van der Waals surface area contributed by atoms with E-state index in [0.29, 0.717) is 16.5 Å². The molecule has 0 aromatic carbocycles. The lowest BCUT2D eigenvalue weighted by Crippen LogP contribution is -2.39. The van der Waals surface area contributed by atoms with Crippen LogP contribution in [0.3, 0.4) is 0 Å². The molecule has 2 N–H and O–H groups in total. The highest BCUT2D eigenvalue weighted by Crippen LogP contribution is 2.27. The quantitative estimate of drug-likeness (QED) is 0.603. The first kappa shape index (κ1) is 7.76. The van der Waals surface area contributed by atoms with Gasteiger partial charge in [0.1, 0.15) is 5.37 Å². The van der Waals surface area contributed by atoms with E-state index >= 15 is 0 Å². The fourth-order valence-electron chi connectivity index (χ4n) is 1.21. The van der Waals surface area contributed by atoms with Crippen LogP contribution in [0.25, 0.3) is 0 Å². The molecule has 1 amide bonds. The molecule has 0 radical (unpaired) electrons. The van der Waals surface area contributed by atoms with Crippen molar-refractivity contribution in [3.8, 4) is 0 Å². The van der Waals surface area contributed by atoms with Crippen molar-refractivity contribution in [3.63, 3.8) is 0 Å². The molecule has 2 heterocycles. The fourth-order valence-corrected chi connectivity index (χ4v) is 3.55. The van der Waals surface area contributed by atoms with E-state index in [1.165, 1.54) is 0 Å². The van der Waals surface area contributed by atoms with E-state index in [1.54, 1.807) is 11.8 Å². The van der Waals surface area contributed by atoms with Gasteiger partial charge in [-0.15, -0.1) is 23.5 Å². The van der Waals surface area contributed by atoms with Crippen LogP contribution in [0.4, 0.5) is 0 Å². The van der Waals surface area contributed by atoms with Gasteiger partial charge in [-0.25, -0.2) is 0 Å². The average Bonchev–Trinajstić information content (AvgIpc) is 2.55. The summed E-state index contributed by atoms with van der Waals surface area (Å²) in [6.45, 7) is 1.07. The Morgan fingerprint density at radius 1 is 1.36 bits per heavy atom. The van der Waals surface area contributed by atoms with E-state index in [1.807, 2.05) is 11.8 Å². The molecule has 2 rings (SSSR count). The lowest BCUT2D eigenvalue weighted by atomic mass is 10.5. The molecule has 0 saturated carbocycles. The van der Waals surface area contributed by atoms with E-state index in [9.17, 15) is 4.79 Å². The number of rotatable bonds is 1. The zero-order valence-corrected chi connectivity index (χ0v) is 7.63. The minimum atomic E-state index is 0.175. The summed E-state index contributed by atoms with van der Waals surface area (Å²) in [7, 11) is 0. The minimum Gasteiger partial charge on any atom is -0.341 e. The van der Waals surface area contributed by atoms with Crippen LogP contribution < -0.4 is 10.6 Å². The largest absolute Gasteiger partial charge is 0.341 e. The van der Waals surface area contributed by atoms with Gasteiger partial charge >= 0.3 is 0 Å². The molecule has 62 valence electrons. The summed E-state index contributed by atoms with van der Waals surface area (Å²) in [4.78, 5) is 10.8. The molecule has 0 spiro atoms. The molecule has 0 aromatic heterocycles. The van der Waals surface area contributed by atoms with Crippen molar-refractivity contribution in [2.75, 3.05) is 18.1 Å². The summed E-state index contributed by atoms with van der Waals surface area (Å²) < 4.78 is 0. The maximum absolute atomic E-state index is 10.8. The number of amides is 1. The van der Waals surface area contributed by atoms with Crippen LogP contribution in [0.5, 0.6) is 0 Å². The molecule has 0 aliphatic carbocycles. The van der Waals surface area contributed by atoms with Gasteiger partial charge in [0.05, 0.1) is 11.1 Å². The molecular weight excluding hydrogens is 180 g/mol. The van der Waals surface area contributed by atoms with Crippen molar-refractivity contribution in [2.24, 2.45) is 0 Å². The molecule has 2 atom stereocenters. The SMILES string of the molecule is O=C1CSC(C2NCCS2)N1. The van der Waals surface area contributed by atoms with Gasteiger partial charge in [0.15, 0.2) is 0 Å². The third-order valence-corrected chi connectivity index (χ3v) is 4.31. The normalized spacial score (nSPS) is 37.6. The molecule has 3 nitrogen and oxygen atoms in total. The van der Waals surface area contributed by atoms with Crippen molar-refractivity contribution in [1.29, 1.82) is 0 Å². The Kier molecular flexibility index (Phi) is 2.29. The van der Waals surface area contributed by atoms with Crippen molar-refractivity contribution < 1.29 is 4.79 Å². The summed E-state index contributed by atoms with van der Waals surface area (Å²) in [6, 6.07) is 0. The highest BCUT2D eigenvalue weighted by atomic mass is 32.2. The minimum absolute atomic E-state index is 0.175. The maximum atomic E-state index is 10.8. The smallest absolute Gasteiger partial charge is 0.231 e. The molecule has 0 bridgehead atoms. The Balaban J connectivity index is 1.90. The third kappa shape index (κ3) is 1.65. The van der Waals surface area contributed by atoms with Gasteiger partial charge in [0.25, 0.3) is 0 Å². The second-order valence-corrected chi connectivity index (χ2v) is 4.92. The summed E-state index contributed by atoms with van der Waals surface area (Å²) in [5, 5.41) is 7.02. The number of hydrogen-bond donors (Lipinski definition) is 2. The van der Waals surface area contributed by atoms with Crippen LogP contribution in [-0.2, 0) is 4.79 Å². The first-order valence-corrected chi connectivity index (χ1v) is 5.72. The Morgan fingerprint density at radius 2 is 2.27 bits per heavy atom. The fraction of sp³-hybridized carbons (Fsp3) is 0.833. The van der Waals surface area contributed by atoms with Gasteiger partial charge < -0.3 is 10.6 Å². The zero-order chi connectivity index (χ0) is 7.68. The first-order valence-electron chi connectivity index (χ1n) is 3.62. The van der Waals surface area contributed by atoms with Crippen molar-refractivity contribution in [3.05, 3.63) is 0 Å². The zero-order valence-electron chi connectivity index (χ0n) is 6.00. The molecule has 2 saturated heterocycles. The topological polar surface area (TPSA) is 41.1 Å². The average molecular weight is 190 g/mol. The number of nitrogens with one attached hydrogen (secondary N) is 2. The van der Waals surface area contributed by atoms with E-state index in [-0.39, 0.29) is 5.91 Å².